The molecule has 2 aliphatic rings. The molecule has 6 N–H and O–H groups in total. The highest BCUT2D eigenvalue weighted by Crippen LogP contribution is 2.50. The number of pyridine rings is 1. The molecule has 1 fully saturated rings. The first-order valence-electron chi connectivity index (χ1n) is 11.7. The van der Waals surface area contributed by atoms with Crippen LogP contribution in [0.3, 0.4) is 0 Å². The Hall–Kier alpha value is -2.90. The van der Waals surface area contributed by atoms with E-state index in [0.29, 0.717) is 28.6 Å². The van der Waals surface area contributed by atoms with Crippen molar-refractivity contribution in [2.24, 2.45) is 11.1 Å². The van der Waals surface area contributed by atoms with Crippen LogP contribution in [0.15, 0.2) is 40.9 Å². The number of rotatable bonds is 5. The molecule has 0 aromatic carbocycles. The zero-order valence-electron chi connectivity index (χ0n) is 19.4. The van der Waals surface area contributed by atoms with Gasteiger partial charge in [-0.2, -0.15) is 5.10 Å². The number of fused-ring (bicyclic) bond motifs is 2. The first kappa shape index (κ1) is 23.5. The van der Waals surface area contributed by atoms with Crippen LogP contribution in [0, 0.1) is 5.41 Å². The van der Waals surface area contributed by atoms with E-state index in [1.165, 1.54) is 11.8 Å². The van der Waals surface area contributed by atoms with Gasteiger partial charge < -0.3 is 26.6 Å². The van der Waals surface area contributed by atoms with E-state index in [4.69, 9.17) is 28.1 Å². The fourth-order valence-electron chi connectivity index (χ4n) is 5.48. The van der Waals surface area contributed by atoms with Gasteiger partial charge in [0.15, 0.2) is 5.82 Å². The number of nitrogens with zero attached hydrogens (tertiary/aromatic N) is 7. The lowest BCUT2D eigenvalue weighted by atomic mass is 9.73. The van der Waals surface area contributed by atoms with Crippen LogP contribution in [-0.4, -0.2) is 52.4 Å². The summed E-state index contributed by atoms with van der Waals surface area (Å²) in [7, 11) is 0. The SMILES string of the molecule is Nc1nccc(Sc2cnc(N3CCC4(CC3)Cn3nc(CO)c(CO)c3[C@H]4N)c3cncn23)c1Cl. The number of nitrogens with two attached hydrogens (primary N) is 2. The van der Waals surface area contributed by atoms with Gasteiger partial charge in [-0.15, -0.1) is 0 Å². The number of nitrogen functional groups attached to an aromatic ring is 1. The van der Waals surface area contributed by atoms with Crippen molar-refractivity contribution < 1.29 is 10.2 Å². The molecule has 188 valence electrons. The second-order valence-corrected chi connectivity index (χ2v) is 10.7. The van der Waals surface area contributed by atoms with Crippen LogP contribution in [0.1, 0.15) is 35.8 Å². The van der Waals surface area contributed by atoms with Crippen molar-refractivity contribution in [1.82, 2.24) is 29.1 Å². The Morgan fingerprint density at radius 2 is 1.97 bits per heavy atom. The lowest BCUT2D eigenvalue weighted by Crippen LogP contribution is -2.45. The largest absolute Gasteiger partial charge is 0.392 e. The minimum atomic E-state index is -0.242. The summed E-state index contributed by atoms with van der Waals surface area (Å²) in [5.74, 6) is 1.16. The molecule has 0 saturated carbocycles. The zero-order chi connectivity index (χ0) is 25.0. The third-order valence-electron chi connectivity index (χ3n) is 7.46. The van der Waals surface area contributed by atoms with E-state index in [2.05, 4.69) is 20.0 Å². The maximum Gasteiger partial charge on any atom is 0.154 e. The highest BCUT2D eigenvalue weighted by molar-refractivity contribution is 7.99. The first-order valence-corrected chi connectivity index (χ1v) is 12.8. The summed E-state index contributed by atoms with van der Waals surface area (Å²) in [6.07, 6.45) is 8.77. The Bertz CT molecular complexity index is 1450. The average molecular weight is 528 g/mol. The molecule has 0 bridgehead atoms. The van der Waals surface area contributed by atoms with Crippen LogP contribution in [-0.2, 0) is 19.8 Å². The number of imidazole rings is 1. The van der Waals surface area contributed by atoms with Gasteiger partial charge in [0.25, 0.3) is 0 Å². The van der Waals surface area contributed by atoms with Crippen molar-refractivity contribution in [3.63, 3.8) is 0 Å². The number of aromatic nitrogens is 6. The Morgan fingerprint density at radius 1 is 1.17 bits per heavy atom. The number of aliphatic hydroxyl groups excluding tert-OH is 2. The van der Waals surface area contributed by atoms with Gasteiger partial charge in [0.2, 0.25) is 0 Å². The van der Waals surface area contributed by atoms with Gasteiger partial charge in [-0.3, -0.25) is 9.08 Å². The molecule has 1 atom stereocenters. The molecule has 0 aliphatic carbocycles. The predicted octanol–water partition coefficient (Wildman–Crippen LogP) is 1.99. The topological polar surface area (TPSA) is 157 Å². The molecule has 11 nitrogen and oxygen atoms in total. The molecule has 4 aromatic heterocycles. The van der Waals surface area contributed by atoms with Crippen molar-refractivity contribution in [2.45, 2.75) is 48.6 Å². The van der Waals surface area contributed by atoms with E-state index >= 15 is 0 Å². The monoisotopic (exact) mass is 527 g/mol. The summed E-state index contributed by atoms with van der Waals surface area (Å²) in [6.45, 7) is 1.88. The zero-order valence-corrected chi connectivity index (χ0v) is 21.0. The second kappa shape index (κ2) is 8.89. The summed E-state index contributed by atoms with van der Waals surface area (Å²) in [4.78, 5) is 16.3. The standard InChI is InChI=1S/C23H26ClN9O2S/c24-18-16(1-4-28-21(18)26)36-17-8-29-22(15-7-27-12-32(15)17)31-5-2-23(3-6-31)11-33-19(20(23)25)13(9-34)14(10-35)30-33/h1,4,7-8,12,20,34-35H,2-3,5-6,9-11,25H2,(H2,26,28)/t20-/m1/s1. The van der Waals surface area contributed by atoms with Gasteiger partial charge >= 0.3 is 0 Å². The number of anilines is 2. The van der Waals surface area contributed by atoms with Crippen molar-refractivity contribution in [3.05, 3.63) is 53.0 Å². The van der Waals surface area contributed by atoms with E-state index in [1.54, 1.807) is 12.5 Å². The van der Waals surface area contributed by atoms with Gasteiger partial charge in [0.05, 0.1) is 48.1 Å². The van der Waals surface area contributed by atoms with E-state index in [9.17, 15) is 10.2 Å². The normalized spacial score (nSPS) is 18.9. The minimum Gasteiger partial charge on any atom is -0.392 e. The maximum absolute atomic E-state index is 9.86. The van der Waals surface area contributed by atoms with E-state index in [1.807, 2.05) is 27.5 Å². The highest BCUT2D eigenvalue weighted by Gasteiger charge is 2.48. The van der Waals surface area contributed by atoms with Gasteiger partial charge in [0.1, 0.15) is 22.7 Å². The number of piperidine rings is 1. The summed E-state index contributed by atoms with van der Waals surface area (Å²) >= 11 is 7.81. The van der Waals surface area contributed by atoms with Crippen LogP contribution in [0.2, 0.25) is 5.02 Å². The van der Waals surface area contributed by atoms with Crippen LogP contribution >= 0.6 is 23.4 Å². The molecule has 36 heavy (non-hydrogen) atoms. The Labute approximate surface area is 216 Å². The fourth-order valence-corrected chi connectivity index (χ4v) is 6.61. The summed E-state index contributed by atoms with van der Waals surface area (Å²) in [5, 5.41) is 25.2. The molecule has 6 heterocycles. The molecule has 4 aromatic rings. The van der Waals surface area contributed by atoms with Crippen molar-refractivity contribution in [3.8, 4) is 0 Å². The Balaban J connectivity index is 1.24. The van der Waals surface area contributed by atoms with E-state index < -0.39 is 0 Å². The number of hydrogen-bond donors (Lipinski definition) is 4. The van der Waals surface area contributed by atoms with Gasteiger partial charge in [0, 0.05) is 41.7 Å². The van der Waals surface area contributed by atoms with Crippen molar-refractivity contribution >= 4 is 40.5 Å². The molecule has 6 rings (SSSR count). The molecule has 0 amide bonds. The smallest absolute Gasteiger partial charge is 0.154 e. The lowest BCUT2D eigenvalue weighted by molar-refractivity contribution is 0.167. The predicted molar refractivity (Wildman–Crippen MR) is 136 cm³/mol. The highest BCUT2D eigenvalue weighted by atomic mass is 35.5. The van der Waals surface area contributed by atoms with Crippen molar-refractivity contribution in [2.75, 3.05) is 23.7 Å². The Morgan fingerprint density at radius 3 is 2.72 bits per heavy atom. The molecule has 13 heteroatoms. The van der Waals surface area contributed by atoms with Gasteiger partial charge in [-0.05, 0) is 18.9 Å². The first-order chi connectivity index (χ1) is 17.5. The molecule has 0 unspecified atom stereocenters. The van der Waals surface area contributed by atoms with Gasteiger partial charge in [-0.25, -0.2) is 15.0 Å². The molecule has 2 aliphatic heterocycles. The van der Waals surface area contributed by atoms with E-state index in [-0.39, 0.29) is 24.7 Å². The quantitative estimate of drug-likeness (QED) is 0.302. The molecule has 1 spiro atoms. The number of hydrogen-bond acceptors (Lipinski definition) is 10. The Kier molecular flexibility index (Phi) is 5.80. The summed E-state index contributed by atoms with van der Waals surface area (Å²) < 4.78 is 3.89. The minimum absolute atomic E-state index is 0.138. The third-order valence-corrected chi connectivity index (χ3v) is 9.04. The van der Waals surface area contributed by atoms with Crippen molar-refractivity contribution in [1.29, 1.82) is 0 Å². The maximum atomic E-state index is 9.86. The summed E-state index contributed by atoms with van der Waals surface area (Å²) in [5.41, 5.74) is 15.4. The van der Waals surface area contributed by atoms with Gasteiger partial charge in [-0.1, -0.05) is 23.4 Å². The van der Waals surface area contributed by atoms with Crippen LogP contribution in [0.5, 0.6) is 0 Å². The number of aliphatic hydroxyl groups is 2. The van der Waals surface area contributed by atoms with Crippen LogP contribution in [0.4, 0.5) is 11.6 Å². The number of halogens is 1. The van der Waals surface area contributed by atoms with Crippen LogP contribution in [0.25, 0.3) is 5.52 Å². The fraction of sp³-hybridized carbons (Fsp3) is 0.391. The van der Waals surface area contributed by atoms with Crippen LogP contribution < -0.4 is 16.4 Å². The molecular weight excluding hydrogens is 502 g/mol. The lowest BCUT2D eigenvalue weighted by Gasteiger charge is -2.42. The summed E-state index contributed by atoms with van der Waals surface area (Å²) in [6, 6.07) is 1.58. The molecular formula is C23H26ClN9O2S. The molecule has 0 radical (unpaired) electrons. The molecule has 1 saturated heterocycles. The van der Waals surface area contributed by atoms with E-state index in [0.717, 1.165) is 52.9 Å². The third kappa shape index (κ3) is 3.55. The second-order valence-electron chi connectivity index (χ2n) is 9.29. The average Bonchev–Trinajstić information content (AvgIpc) is 3.57.